The number of amides is 1. The first-order chi connectivity index (χ1) is 11.5. The minimum Gasteiger partial charge on any atom is -0.378 e. The zero-order valence-corrected chi connectivity index (χ0v) is 14.7. The van der Waals surface area contributed by atoms with E-state index in [-0.39, 0.29) is 5.91 Å². The maximum Gasteiger partial charge on any atom is 0.281 e. The highest BCUT2D eigenvalue weighted by atomic mass is 32.1. The Kier molecular flexibility index (Phi) is 4.36. The van der Waals surface area contributed by atoms with Gasteiger partial charge in [0.15, 0.2) is 5.11 Å². The summed E-state index contributed by atoms with van der Waals surface area (Å²) >= 11 is 5.33. The second kappa shape index (κ2) is 6.45. The molecule has 5 heteroatoms. The monoisotopic (exact) mass is 337 g/mol. The summed E-state index contributed by atoms with van der Waals surface area (Å²) in [5.74, 6) is -0.138. The smallest absolute Gasteiger partial charge is 0.281 e. The number of carbonyl (C=O) groups excluding carboxylic acids is 1. The van der Waals surface area contributed by atoms with Crippen molar-refractivity contribution in [1.82, 2.24) is 5.32 Å². The number of thiocarbonyl (C=S) groups is 1. The van der Waals surface area contributed by atoms with Gasteiger partial charge in [0.2, 0.25) is 0 Å². The van der Waals surface area contributed by atoms with Crippen LogP contribution in [0.2, 0.25) is 0 Å². The largest absolute Gasteiger partial charge is 0.378 e. The molecular formula is C19H19N3OS. The molecule has 1 aliphatic rings. The van der Waals surface area contributed by atoms with Crippen molar-refractivity contribution in [3.63, 3.8) is 0 Å². The van der Waals surface area contributed by atoms with Crippen LogP contribution in [0.4, 0.5) is 11.4 Å². The number of hydrogen-bond donors (Lipinski definition) is 1. The van der Waals surface area contributed by atoms with Crippen LogP contribution in [0.15, 0.2) is 54.2 Å². The normalized spacial score (nSPS) is 15.8. The molecule has 0 aromatic heterocycles. The van der Waals surface area contributed by atoms with Crippen molar-refractivity contribution >= 4 is 40.7 Å². The topological polar surface area (TPSA) is 35.6 Å². The lowest BCUT2D eigenvalue weighted by Gasteiger charge is -2.14. The van der Waals surface area contributed by atoms with Crippen LogP contribution in [0, 0.1) is 6.92 Å². The first-order valence-electron chi connectivity index (χ1n) is 7.67. The van der Waals surface area contributed by atoms with Crippen molar-refractivity contribution in [2.75, 3.05) is 23.9 Å². The maximum atomic E-state index is 12.7. The number of carbonyl (C=O) groups is 1. The molecule has 4 nitrogen and oxygen atoms in total. The molecule has 1 saturated heterocycles. The van der Waals surface area contributed by atoms with Gasteiger partial charge in [-0.2, -0.15) is 0 Å². The van der Waals surface area contributed by atoms with Gasteiger partial charge in [-0.3, -0.25) is 9.69 Å². The number of rotatable bonds is 3. The second-order valence-electron chi connectivity index (χ2n) is 5.95. The van der Waals surface area contributed by atoms with Crippen molar-refractivity contribution in [1.29, 1.82) is 0 Å². The average Bonchev–Trinajstić information content (AvgIpc) is 2.83. The van der Waals surface area contributed by atoms with Crippen molar-refractivity contribution in [2.45, 2.75) is 6.92 Å². The van der Waals surface area contributed by atoms with Gasteiger partial charge in [-0.05, 0) is 55.0 Å². The molecule has 0 radical (unpaired) electrons. The SMILES string of the molecule is Cc1ccc(N2C(=O)/C(=C\c3ccc(N(C)C)cc3)NC2=S)cc1. The minimum absolute atomic E-state index is 0.138. The molecule has 1 aliphatic heterocycles. The van der Waals surface area contributed by atoms with Crippen LogP contribution in [-0.4, -0.2) is 25.1 Å². The lowest BCUT2D eigenvalue weighted by molar-refractivity contribution is -0.113. The lowest BCUT2D eigenvalue weighted by Crippen LogP contribution is -2.30. The molecule has 0 aliphatic carbocycles. The van der Waals surface area contributed by atoms with E-state index in [9.17, 15) is 4.79 Å². The fourth-order valence-electron chi connectivity index (χ4n) is 2.50. The van der Waals surface area contributed by atoms with Crippen LogP contribution in [0.5, 0.6) is 0 Å². The highest BCUT2D eigenvalue weighted by Crippen LogP contribution is 2.23. The van der Waals surface area contributed by atoms with E-state index in [2.05, 4.69) is 5.32 Å². The highest BCUT2D eigenvalue weighted by molar-refractivity contribution is 7.80. The Labute approximate surface area is 147 Å². The third-order valence-corrected chi connectivity index (χ3v) is 4.18. The Hall–Kier alpha value is -2.66. The molecule has 122 valence electrons. The Morgan fingerprint density at radius 3 is 2.25 bits per heavy atom. The first kappa shape index (κ1) is 16.2. The Balaban J connectivity index is 1.86. The molecule has 0 saturated carbocycles. The van der Waals surface area contributed by atoms with Crippen molar-refractivity contribution in [3.05, 3.63) is 65.4 Å². The van der Waals surface area contributed by atoms with Crippen LogP contribution in [0.3, 0.4) is 0 Å². The minimum atomic E-state index is -0.138. The Morgan fingerprint density at radius 2 is 1.67 bits per heavy atom. The quantitative estimate of drug-likeness (QED) is 0.688. The van der Waals surface area contributed by atoms with Gasteiger partial charge >= 0.3 is 0 Å². The van der Waals surface area contributed by atoms with Gasteiger partial charge in [0.25, 0.3) is 5.91 Å². The van der Waals surface area contributed by atoms with E-state index in [1.807, 2.05) is 80.5 Å². The number of hydrogen-bond acceptors (Lipinski definition) is 3. The van der Waals surface area contributed by atoms with E-state index in [0.29, 0.717) is 10.8 Å². The Morgan fingerprint density at radius 1 is 1.04 bits per heavy atom. The van der Waals surface area contributed by atoms with Crippen LogP contribution >= 0.6 is 12.2 Å². The van der Waals surface area contributed by atoms with E-state index >= 15 is 0 Å². The molecule has 0 unspecified atom stereocenters. The number of benzene rings is 2. The maximum absolute atomic E-state index is 12.7. The fourth-order valence-corrected chi connectivity index (χ4v) is 2.80. The number of aryl methyl sites for hydroxylation is 1. The van der Waals surface area contributed by atoms with E-state index in [1.165, 1.54) is 4.90 Å². The molecule has 1 N–H and O–H groups in total. The van der Waals surface area contributed by atoms with E-state index < -0.39 is 0 Å². The first-order valence-corrected chi connectivity index (χ1v) is 8.08. The molecule has 0 atom stereocenters. The summed E-state index contributed by atoms with van der Waals surface area (Å²) in [4.78, 5) is 16.2. The molecule has 1 heterocycles. The number of nitrogens with zero attached hydrogens (tertiary/aromatic N) is 2. The van der Waals surface area contributed by atoms with Gasteiger partial charge in [0.1, 0.15) is 5.70 Å². The standard InChI is InChI=1S/C19H19N3OS/c1-13-4-8-16(9-5-13)22-18(23)17(20-19(22)24)12-14-6-10-15(11-7-14)21(2)3/h4-12H,1-3H3,(H,20,24)/b17-12+. The van der Waals surface area contributed by atoms with Crippen LogP contribution < -0.4 is 15.1 Å². The average molecular weight is 337 g/mol. The summed E-state index contributed by atoms with van der Waals surface area (Å²) in [6, 6.07) is 15.7. The molecule has 24 heavy (non-hydrogen) atoms. The van der Waals surface area contributed by atoms with Gasteiger partial charge < -0.3 is 10.2 Å². The predicted octanol–water partition coefficient (Wildman–Crippen LogP) is 3.32. The summed E-state index contributed by atoms with van der Waals surface area (Å²) < 4.78 is 0. The highest BCUT2D eigenvalue weighted by Gasteiger charge is 2.31. The number of anilines is 2. The molecule has 3 rings (SSSR count). The molecule has 1 fully saturated rings. The van der Waals surface area contributed by atoms with Crippen LogP contribution in [-0.2, 0) is 4.79 Å². The zero-order chi connectivity index (χ0) is 17.3. The van der Waals surface area contributed by atoms with Gasteiger partial charge in [0.05, 0.1) is 5.69 Å². The Bertz CT molecular complexity index is 808. The summed E-state index contributed by atoms with van der Waals surface area (Å²) in [5.41, 5.74) is 4.46. The van der Waals surface area contributed by atoms with Gasteiger partial charge in [0, 0.05) is 19.8 Å². The van der Waals surface area contributed by atoms with Crippen LogP contribution in [0.1, 0.15) is 11.1 Å². The zero-order valence-electron chi connectivity index (χ0n) is 13.9. The van der Waals surface area contributed by atoms with Gasteiger partial charge in [-0.15, -0.1) is 0 Å². The van der Waals surface area contributed by atoms with E-state index in [0.717, 1.165) is 22.5 Å². The summed E-state index contributed by atoms with van der Waals surface area (Å²) in [5, 5.41) is 3.41. The van der Waals surface area contributed by atoms with Crippen molar-refractivity contribution in [2.24, 2.45) is 0 Å². The third-order valence-electron chi connectivity index (χ3n) is 3.89. The molecule has 0 bridgehead atoms. The van der Waals surface area contributed by atoms with Crippen molar-refractivity contribution in [3.8, 4) is 0 Å². The summed E-state index contributed by atoms with van der Waals surface area (Å²) in [7, 11) is 3.99. The van der Waals surface area contributed by atoms with Gasteiger partial charge in [-0.25, -0.2) is 0 Å². The molecule has 2 aromatic carbocycles. The van der Waals surface area contributed by atoms with E-state index in [1.54, 1.807) is 0 Å². The summed E-state index contributed by atoms with van der Waals surface area (Å²) in [6.45, 7) is 2.01. The molecule has 1 amide bonds. The van der Waals surface area contributed by atoms with Crippen LogP contribution in [0.25, 0.3) is 6.08 Å². The third kappa shape index (κ3) is 3.16. The molecule has 0 spiro atoms. The van der Waals surface area contributed by atoms with E-state index in [4.69, 9.17) is 12.2 Å². The molecular weight excluding hydrogens is 318 g/mol. The lowest BCUT2D eigenvalue weighted by atomic mass is 10.1. The fraction of sp³-hybridized carbons (Fsp3) is 0.158. The van der Waals surface area contributed by atoms with Crippen molar-refractivity contribution < 1.29 is 4.79 Å². The number of nitrogens with one attached hydrogen (secondary N) is 1. The molecule has 2 aromatic rings. The predicted molar refractivity (Wildman–Crippen MR) is 103 cm³/mol. The van der Waals surface area contributed by atoms with Gasteiger partial charge in [-0.1, -0.05) is 29.8 Å². The summed E-state index contributed by atoms with van der Waals surface area (Å²) in [6.07, 6.45) is 1.82. The second-order valence-corrected chi connectivity index (χ2v) is 6.34.